The Kier molecular flexibility index (Phi) is 5.21. The zero-order chi connectivity index (χ0) is 18.7. The molecule has 0 saturated heterocycles. The van der Waals surface area contributed by atoms with Crippen LogP contribution in [0.25, 0.3) is 0 Å². The first-order valence-corrected chi connectivity index (χ1v) is 9.11. The molecule has 0 aromatic heterocycles. The van der Waals surface area contributed by atoms with Gasteiger partial charge in [0.2, 0.25) is 12.7 Å². The number of rotatable bonds is 5. The molecular weight excluding hydrogens is 326 g/mol. The molecule has 1 N–H and O–H groups in total. The molecule has 26 heavy (non-hydrogen) atoms. The van der Waals surface area contributed by atoms with Gasteiger partial charge in [0.1, 0.15) is 0 Å². The van der Waals surface area contributed by atoms with Crippen LogP contribution in [0.5, 0.6) is 11.5 Å². The largest absolute Gasteiger partial charge is 0.454 e. The average molecular weight is 353 g/mol. The SMILES string of the molecule is C[C@H](NC(=O)CCc1ccc2c(c1)OCO2)c1ccc(C(C)(C)C)cc1. The molecule has 0 unspecified atom stereocenters. The second-order valence-electron chi connectivity index (χ2n) is 7.85. The Balaban J connectivity index is 1.52. The standard InChI is InChI=1S/C22H27NO3/c1-15(17-7-9-18(10-8-17)22(2,3)4)23-21(24)12-6-16-5-11-19-20(13-16)26-14-25-19/h5,7-11,13,15H,6,12,14H2,1-4H3,(H,23,24)/t15-/m0/s1. The molecule has 2 aromatic carbocycles. The fourth-order valence-corrected chi connectivity index (χ4v) is 3.02. The van der Waals surface area contributed by atoms with Gasteiger partial charge in [-0.15, -0.1) is 0 Å². The number of benzene rings is 2. The highest BCUT2D eigenvalue weighted by atomic mass is 16.7. The number of nitrogens with one attached hydrogen (secondary N) is 1. The Morgan fingerprint density at radius 1 is 1.08 bits per heavy atom. The van der Waals surface area contributed by atoms with Crippen LogP contribution in [0.3, 0.4) is 0 Å². The van der Waals surface area contributed by atoms with Crippen LogP contribution in [-0.4, -0.2) is 12.7 Å². The van der Waals surface area contributed by atoms with E-state index in [-0.39, 0.29) is 24.2 Å². The van der Waals surface area contributed by atoms with Gasteiger partial charge in [0.15, 0.2) is 11.5 Å². The number of carbonyl (C=O) groups is 1. The second kappa shape index (κ2) is 7.40. The molecule has 0 fully saturated rings. The van der Waals surface area contributed by atoms with Gasteiger partial charge in [-0.1, -0.05) is 51.1 Å². The summed E-state index contributed by atoms with van der Waals surface area (Å²) < 4.78 is 10.7. The Labute approximate surface area is 155 Å². The Hall–Kier alpha value is -2.49. The summed E-state index contributed by atoms with van der Waals surface area (Å²) in [6.07, 6.45) is 1.13. The van der Waals surface area contributed by atoms with Crippen molar-refractivity contribution >= 4 is 5.91 Å². The van der Waals surface area contributed by atoms with Crippen molar-refractivity contribution in [3.8, 4) is 11.5 Å². The van der Waals surface area contributed by atoms with E-state index in [1.807, 2.05) is 25.1 Å². The maximum absolute atomic E-state index is 12.3. The molecule has 1 aliphatic rings. The molecule has 1 aliphatic heterocycles. The molecule has 138 valence electrons. The fourth-order valence-electron chi connectivity index (χ4n) is 3.02. The minimum Gasteiger partial charge on any atom is -0.454 e. The molecule has 0 aliphatic carbocycles. The summed E-state index contributed by atoms with van der Waals surface area (Å²) in [5.41, 5.74) is 3.62. The molecule has 0 bridgehead atoms. The molecule has 0 radical (unpaired) electrons. The minimum absolute atomic E-state index is 0.00623. The van der Waals surface area contributed by atoms with Gasteiger partial charge in [-0.05, 0) is 47.6 Å². The molecule has 1 amide bonds. The van der Waals surface area contributed by atoms with Gasteiger partial charge in [0, 0.05) is 6.42 Å². The molecule has 2 aromatic rings. The van der Waals surface area contributed by atoms with Crippen molar-refractivity contribution in [1.29, 1.82) is 0 Å². The van der Waals surface area contributed by atoms with Gasteiger partial charge >= 0.3 is 0 Å². The summed E-state index contributed by atoms with van der Waals surface area (Å²) in [5.74, 6) is 1.58. The van der Waals surface area contributed by atoms with Gasteiger partial charge in [0.25, 0.3) is 0 Å². The van der Waals surface area contributed by atoms with E-state index in [1.54, 1.807) is 0 Å². The third-order valence-electron chi connectivity index (χ3n) is 4.73. The first kappa shape index (κ1) is 18.3. The van der Waals surface area contributed by atoms with E-state index in [0.717, 1.165) is 22.6 Å². The lowest BCUT2D eigenvalue weighted by atomic mass is 9.86. The molecule has 4 nitrogen and oxygen atoms in total. The lowest BCUT2D eigenvalue weighted by Gasteiger charge is -2.20. The summed E-state index contributed by atoms with van der Waals surface area (Å²) in [7, 11) is 0. The summed E-state index contributed by atoms with van der Waals surface area (Å²) in [6.45, 7) is 8.88. The lowest BCUT2D eigenvalue weighted by Crippen LogP contribution is -2.26. The predicted molar refractivity (Wildman–Crippen MR) is 103 cm³/mol. The predicted octanol–water partition coefficient (Wildman–Crippen LogP) is 4.52. The first-order valence-electron chi connectivity index (χ1n) is 9.11. The second-order valence-corrected chi connectivity index (χ2v) is 7.85. The monoisotopic (exact) mass is 353 g/mol. The number of aryl methyl sites for hydroxylation is 1. The molecule has 3 rings (SSSR count). The highest BCUT2D eigenvalue weighted by molar-refractivity contribution is 5.76. The van der Waals surface area contributed by atoms with E-state index in [2.05, 4.69) is 50.4 Å². The van der Waals surface area contributed by atoms with E-state index in [9.17, 15) is 4.79 Å². The van der Waals surface area contributed by atoms with Crippen LogP contribution >= 0.6 is 0 Å². The van der Waals surface area contributed by atoms with E-state index in [4.69, 9.17) is 9.47 Å². The number of ether oxygens (including phenoxy) is 2. The smallest absolute Gasteiger partial charge is 0.231 e. The van der Waals surface area contributed by atoms with Crippen molar-refractivity contribution in [3.05, 3.63) is 59.2 Å². The highest BCUT2D eigenvalue weighted by Gasteiger charge is 2.16. The number of hydrogen-bond acceptors (Lipinski definition) is 3. The summed E-state index contributed by atoms with van der Waals surface area (Å²) >= 11 is 0. The zero-order valence-electron chi connectivity index (χ0n) is 16.0. The summed E-state index contributed by atoms with van der Waals surface area (Å²) in [4.78, 5) is 12.3. The Morgan fingerprint density at radius 3 is 2.46 bits per heavy atom. The number of carbonyl (C=O) groups excluding carboxylic acids is 1. The van der Waals surface area contributed by atoms with Crippen LogP contribution in [0.2, 0.25) is 0 Å². The van der Waals surface area contributed by atoms with Crippen molar-refractivity contribution in [2.75, 3.05) is 6.79 Å². The molecule has 0 spiro atoms. The maximum Gasteiger partial charge on any atom is 0.231 e. The van der Waals surface area contributed by atoms with E-state index in [0.29, 0.717) is 12.8 Å². The van der Waals surface area contributed by atoms with Crippen molar-refractivity contribution in [1.82, 2.24) is 5.32 Å². The van der Waals surface area contributed by atoms with Crippen molar-refractivity contribution in [3.63, 3.8) is 0 Å². The van der Waals surface area contributed by atoms with Gasteiger partial charge in [-0.3, -0.25) is 4.79 Å². The van der Waals surface area contributed by atoms with Crippen molar-refractivity contribution in [2.24, 2.45) is 0 Å². The topological polar surface area (TPSA) is 47.6 Å². The molecule has 0 saturated carbocycles. The lowest BCUT2D eigenvalue weighted by molar-refractivity contribution is -0.121. The summed E-state index contributed by atoms with van der Waals surface area (Å²) in [5, 5.41) is 3.08. The van der Waals surface area contributed by atoms with Gasteiger partial charge in [0.05, 0.1) is 6.04 Å². The number of fused-ring (bicyclic) bond motifs is 1. The van der Waals surface area contributed by atoms with Crippen LogP contribution in [-0.2, 0) is 16.6 Å². The fraction of sp³-hybridized carbons (Fsp3) is 0.409. The normalized spacial score (nSPS) is 14.2. The highest BCUT2D eigenvalue weighted by Crippen LogP contribution is 2.32. The Morgan fingerprint density at radius 2 is 1.77 bits per heavy atom. The van der Waals surface area contributed by atoms with Crippen LogP contribution < -0.4 is 14.8 Å². The Bertz CT molecular complexity index is 775. The van der Waals surface area contributed by atoms with E-state index >= 15 is 0 Å². The molecule has 1 heterocycles. The van der Waals surface area contributed by atoms with Crippen LogP contribution in [0, 0.1) is 0 Å². The van der Waals surface area contributed by atoms with Gasteiger partial charge < -0.3 is 14.8 Å². The van der Waals surface area contributed by atoms with Crippen LogP contribution in [0.4, 0.5) is 0 Å². The molecule has 1 atom stereocenters. The van der Waals surface area contributed by atoms with Crippen molar-refractivity contribution in [2.45, 2.75) is 52.0 Å². The van der Waals surface area contributed by atoms with E-state index in [1.165, 1.54) is 5.56 Å². The summed E-state index contributed by atoms with van der Waals surface area (Å²) in [6, 6.07) is 14.3. The number of hydrogen-bond donors (Lipinski definition) is 1. The molecule has 4 heteroatoms. The van der Waals surface area contributed by atoms with Crippen LogP contribution in [0.15, 0.2) is 42.5 Å². The van der Waals surface area contributed by atoms with E-state index < -0.39 is 0 Å². The van der Waals surface area contributed by atoms with Gasteiger partial charge in [-0.2, -0.15) is 0 Å². The van der Waals surface area contributed by atoms with Gasteiger partial charge in [-0.25, -0.2) is 0 Å². The average Bonchev–Trinajstić information content (AvgIpc) is 3.07. The maximum atomic E-state index is 12.3. The van der Waals surface area contributed by atoms with Crippen molar-refractivity contribution < 1.29 is 14.3 Å². The zero-order valence-corrected chi connectivity index (χ0v) is 16.0. The number of amides is 1. The first-order chi connectivity index (χ1) is 12.3. The van der Waals surface area contributed by atoms with Crippen LogP contribution in [0.1, 0.15) is 56.8 Å². The molecular formula is C22H27NO3. The third kappa shape index (κ3) is 4.37. The third-order valence-corrected chi connectivity index (χ3v) is 4.73. The minimum atomic E-state index is -0.00623. The quantitative estimate of drug-likeness (QED) is 0.859.